The van der Waals surface area contributed by atoms with Gasteiger partial charge in [0.1, 0.15) is 6.10 Å². The Kier molecular flexibility index (Phi) is 9.64. The Hall–Kier alpha value is -0.489. The first kappa shape index (κ1) is 26.5. The van der Waals surface area contributed by atoms with Gasteiger partial charge in [0.05, 0.1) is 6.42 Å². The summed E-state index contributed by atoms with van der Waals surface area (Å²) in [7, 11) is -5.56. The van der Waals surface area contributed by atoms with E-state index in [1.807, 2.05) is 33.5 Å². The minimum atomic E-state index is -1.95. The van der Waals surface area contributed by atoms with Crippen molar-refractivity contribution in [3.63, 3.8) is 0 Å². The molecule has 0 heterocycles. The van der Waals surface area contributed by atoms with Gasteiger partial charge in [0.15, 0.2) is 16.6 Å². The van der Waals surface area contributed by atoms with E-state index < -0.39 is 36.5 Å². The molecule has 0 aliphatic rings. The highest BCUT2D eigenvalue weighted by atomic mass is 28.4. The molecule has 0 aromatic heterocycles. The zero-order valence-electron chi connectivity index (χ0n) is 19.2. The SMILES string of the molecule is CC(C)(CO[Si](C)(C)C)C(O[Si](C)(C)C)C(=O)NCCC(=O)O[Si](C)(C)C. The monoisotopic (exact) mass is 435 g/mol. The molecule has 1 atom stereocenters. The summed E-state index contributed by atoms with van der Waals surface area (Å²) in [6, 6.07) is 0. The lowest BCUT2D eigenvalue weighted by molar-refractivity contribution is -0.136. The molecule has 27 heavy (non-hydrogen) atoms. The molecule has 0 rings (SSSR count). The van der Waals surface area contributed by atoms with E-state index in [0.717, 1.165) is 0 Å². The maximum absolute atomic E-state index is 12.9. The van der Waals surface area contributed by atoms with Crippen LogP contribution in [0.15, 0.2) is 0 Å². The van der Waals surface area contributed by atoms with Crippen LogP contribution in [0, 0.1) is 5.41 Å². The third-order valence-corrected chi connectivity index (χ3v) is 6.14. The Labute approximate surface area is 169 Å². The number of hydrogen-bond acceptors (Lipinski definition) is 5. The van der Waals surface area contributed by atoms with Gasteiger partial charge in [0, 0.05) is 18.6 Å². The average molecular weight is 436 g/mol. The zero-order valence-corrected chi connectivity index (χ0v) is 22.2. The molecular weight excluding hydrogens is 394 g/mol. The van der Waals surface area contributed by atoms with Gasteiger partial charge < -0.3 is 18.6 Å². The normalized spacial score (nSPS) is 14.6. The van der Waals surface area contributed by atoms with E-state index in [1.165, 1.54) is 0 Å². The highest BCUT2D eigenvalue weighted by Gasteiger charge is 2.40. The summed E-state index contributed by atoms with van der Waals surface area (Å²) in [4.78, 5) is 24.7. The molecule has 0 aliphatic heterocycles. The van der Waals surface area contributed by atoms with Crippen molar-refractivity contribution in [3.8, 4) is 0 Å². The van der Waals surface area contributed by atoms with Crippen molar-refractivity contribution >= 4 is 36.8 Å². The number of carbonyl (C=O) groups is 2. The van der Waals surface area contributed by atoms with Crippen LogP contribution in [0.5, 0.6) is 0 Å². The molecule has 0 aromatic carbocycles. The molecule has 9 heteroatoms. The third kappa shape index (κ3) is 13.3. The first-order chi connectivity index (χ1) is 11.8. The van der Waals surface area contributed by atoms with Crippen LogP contribution in [0.1, 0.15) is 20.3 Å². The molecule has 1 N–H and O–H groups in total. The Morgan fingerprint density at radius 3 is 1.81 bits per heavy atom. The summed E-state index contributed by atoms with van der Waals surface area (Å²) in [5.41, 5.74) is -0.469. The van der Waals surface area contributed by atoms with Gasteiger partial charge in [-0.05, 0) is 58.9 Å². The third-order valence-electron chi connectivity index (χ3n) is 3.34. The first-order valence-corrected chi connectivity index (χ1v) is 19.9. The molecule has 6 nitrogen and oxygen atoms in total. The molecule has 0 aromatic rings. The van der Waals surface area contributed by atoms with Crippen LogP contribution in [-0.4, -0.2) is 56.1 Å². The van der Waals surface area contributed by atoms with Gasteiger partial charge in [-0.25, -0.2) is 0 Å². The maximum Gasteiger partial charge on any atom is 0.294 e. The summed E-state index contributed by atoms with van der Waals surface area (Å²) in [5.74, 6) is -0.458. The number of hydrogen-bond donors (Lipinski definition) is 1. The molecular formula is C18H41NO5Si3. The second-order valence-electron chi connectivity index (χ2n) is 10.6. The fourth-order valence-electron chi connectivity index (χ4n) is 2.17. The van der Waals surface area contributed by atoms with Gasteiger partial charge in [-0.3, -0.25) is 9.59 Å². The summed E-state index contributed by atoms with van der Waals surface area (Å²) < 4.78 is 17.7. The number of rotatable bonds is 11. The van der Waals surface area contributed by atoms with Crippen LogP contribution in [-0.2, 0) is 22.9 Å². The van der Waals surface area contributed by atoms with Crippen molar-refractivity contribution in [1.29, 1.82) is 0 Å². The predicted octanol–water partition coefficient (Wildman–Crippen LogP) is 3.97. The zero-order chi connectivity index (χ0) is 21.7. The minimum Gasteiger partial charge on any atom is -0.520 e. The van der Waals surface area contributed by atoms with Crippen LogP contribution in [0.4, 0.5) is 0 Å². The predicted molar refractivity (Wildman–Crippen MR) is 118 cm³/mol. The van der Waals surface area contributed by atoms with Gasteiger partial charge in [0.25, 0.3) is 5.97 Å². The summed E-state index contributed by atoms with van der Waals surface area (Å²) >= 11 is 0. The van der Waals surface area contributed by atoms with E-state index in [4.69, 9.17) is 13.3 Å². The van der Waals surface area contributed by atoms with E-state index in [1.54, 1.807) is 0 Å². The van der Waals surface area contributed by atoms with Crippen molar-refractivity contribution in [2.24, 2.45) is 5.41 Å². The van der Waals surface area contributed by atoms with Crippen molar-refractivity contribution < 1.29 is 22.9 Å². The molecule has 1 unspecified atom stereocenters. The van der Waals surface area contributed by atoms with Gasteiger partial charge in [-0.2, -0.15) is 0 Å². The molecule has 0 radical (unpaired) electrons. The number of carbonyl (C=O) groups excluding carboxylic acids is 2. The van der Waals surface area contributed by atoms with Gasteiger partial charge in [0.2, 0.25) is 14.2 Å². The fraction of sp³-hybridized carbons (Fsp3) is 0.889. The Bertz CT molecular complexity index is 505. The molecule has 0 saturated heterocycles. The highest BCUT2D eigenvalue weighted by Crippen LogP contribution is 2.28. The Balaban J connectivity index is 4.97. The molecule has 0 saturated carbocycles. The van der Waals surface area contributed by atoms with E-state index in [-0.39, 0.29) is 24.8 Å². The Morgan fingerprint density at radius 1 is 0.889 bits per heavy atom. The van der Waals surface area contributed by atoms with E-state index in [0.29, 0.717) is 6.61 Å². The maximum atomic E-state index is 12.9. The van der Waals surface area contributed by atoms with Crippen LogP contribution < -0.4 is 5.32 Å². The number of nitrogens with one attached hydrogen (secondary N) is 1. The van der Waals surface area contributed by atoms with Crippen LogP contribution in [0.2, 0.25) is 58.9 Å². The lowest BCUT2D eigenvalue weighted by Gasteiger charge is -2.38. The Morgan fingerprint density at radius 2 is 1.41 bits per heavy atom. The summed E-state index contributed by atoms with van der Waals surface area (Å²) in [6.45, 7) is 23.2. The second kappa shape index (κ2) is 9.82. The van der Waals surface area contributed by atoms with Crippen molar-refractivity contribution in [3.05, 3.63) is 0 Å². The van der Waals surface area contributed by atoms with Crippen LogP contribution in [0.3, 0.4) is 0 Å². The average Bonchev–Trinajstić information content (AvgIpc) is 2.39. The minimum absolute atomic E-state index is 0.168. The summed E-state index contributed by atoms with van der Waals surface area (Å²) in [5, 5.41) is 2.85. The van der Waals surface area contributed by atoms with Crippen LogP contribution >= 0.6 is 0 Å². The van der Waals surface area contributed by atoms with Gasteiger partial charge in [-0.1, -0.05) is 13.8 Å². The molecule has 160 valence electrons. The summed E-state index contributed by atoms with van der Waals surface area (Å²) in [6.07, 6.45) is -0.449. The highest BCUT2D eigenvalue weighted by molar-refractivity contribution is 6.71. The standard InChI is InChI=1S/C18H41NO5Si3/c1-18(2,14-22-25(3,4)5)16(24-27(9,10)11)17(21)19-13-12-15(20)23-26(6,7)8/h16H,12-14H2,1-11H3,(H,19,21). The van der Waals surface area contributed by atoms with Crippen molar-refractivity contribution in [2.45, 2.75) is 85.3 Å². The first-order valence-electron chi connectivity index (χ1n) is 9.64. The topological polar surface area (TPSA) is 73.9 Å². The van der Waals surface area contributed by atoms with Gasteiger partial charge >= 0.3 is 0 Å². The lowest BCUT2D eigenvalue weighted by Crippen LogP contribution is -2.52. The van der Waals surface area contributed by atoms with Crippen molar-refractivity contribution in [2.75, 3.05) is 13.2 Å². The molecule has 1 amide bonds. The van der Waals surface area contributed by atoms with E-state index in [9.17, 15) is 9.59 Å². The molecule has 0 bridgehead atoms. The van der Waals surface area contributed by atoms with Gasteiger partial charge in [-0.15, -0.1) is 0 Å². The smallest absolute Gasteiger partial charge is 0.294 e. The van der Waals surface area contributed by atoms with Crippen LogP contribution in [0.25, 0.3) is 0 Å². The number of amides is 1. The van der Waals surface area contributed by atoms with E-state index >= 15 is 0 Å². The van der Waals surface area contributed by atoms with Crippen molar-refractivity contribution in [1.82, 2.24) is 5.32 Å². The lowest BCUT2D eigenvalue weighted by atomic mass is 9.87. The largest absolute Gasteiger partial charge is 0.520 e. The molecule has 0 aliphatic carbocycles. The molecule has 0 fully saturated rings. The van der Waals surface area contributed by atoms with E-state index in [2.05, 4.69) is 44.6 Å². The second-order valence-corrected chi connectivity index (χ2v) is 24.0. The quantitative estimate of drug-likeness (QED) is 0.497. The molecule has 0 spiro atoms. The fourth-order valence-corrected chi connectivity index (χ4v) is 4.90.